The van der Waals surface area contributed by atoms with Gasteiger partial charge in [-0.1, -0.05) is 23.4 Å². The van der Waals surface area contributed by atoms with Crippen LogP contribution >= 0.6 is 34.7 Å². The highest BCUT2D eigenvalue weighted by Crippen LogP contribution is 2.29. The van der Waals surface area contributed by atoms with E-state index in [2.05, 4.69) is 9.97 Å². The molecule has 92 valence electrons. The lowest BCUT2D eigenvalue weighted by Gasteiger charge is -1.93. The van der Waals surface area contributed by atoms with Crippen LogP contribution in [-0.2, 0) is 5.75 Å². The van der Waals surface area contributed by atoms with Crippen LogP contribution in [0.25, 0.3) is 11.0 Å². The van der Waals surface area contributed by atoms with Crippen molar-refractivity contribution in [2.75, 3.05) is 5.73 Å². The number of imidazole rings is 1. The topological polar surface area (TPSA) is 54.7 Å². The van der Waals surface area contributed by atoms with E-state index < -0.39 is 0 Å². The first-order valence-corrected chi connectivity index (χ1v) is 7.51. The smallest absolute Gasteiger partial charge is 0.166 e. The molecule has 3 N–H and O–H groups in total. The minimum atomic E-state index is 0.743. The SMILES string of the molecule is Nc1ccc2nc(SCc3ccc(Cl)s3)[nH]c2c1. The molecule has 0 bridgehead atoms. The molecule has 0 atom stereocenters. The van der Waals surface area contributed by atoms with E-state index in [9.17, 15) is 0 Å². The van der Waals surface area contributed by atoms with Crippen LogP contribution in [0.5, 0.6) is 0 Å². The van der Waals surface area contributed by atoms with E-state index in [-0.39, 0.29) is 0 Å². The molecule has 0 aliphatic carbocycles. The largest absolute Gasteiger partial charge is 0.399 e. The first-order chi connectivity index (χ1) is 8.70. The van der Waals surface area contributed by atoms with E-state index in [1.165, 1.54) is 4.88 Å². The van der Waals surface area contributed by atoms with Gasteiger partial charge in [-0.15, -0.1) is 11.3 Å². The van der Waals surface area contributed by atoms with Gasteiger partial charge in [0.15, 0.2) is 5.16 Å². The molecule has 0 spiro atoms. The molecule has 18 heavy (non-hydrogen) atoms. The van der Waals surface area contributed by atoms with E-state index in [1.807, 2.05) is 30.3 Å². The molecule has 0 radical (unpaired) electrons. The van der Waals surface area contributed by atoms with Crippen molar-refractivity contribution in [1.29, 1.82) is 0 Å². The quantitative estimate of drug-likeness (QED) is 0.564. The van der Waals surface area contributed by atoms with Gasteiger partial charge in [-0.05, 0) is 30.3 Å². The Morgan fingerprint density at radius 1 is 1.33 bits per heavy atom. The van der Waals surface area contributed by atoms with E-state index in [1.54, 1.807) is 23.1 Å². The van der Waals surface area contributed by atoms with Gasteiger partial charge in [0.05, 0.1) is 15.4 Å². The maximum Gasteiger partial charge on any atom is 0.166 e. The molecule has 2 aromatic heterocycles. The molecule has 0 saturated carbocycles. The molecule has 2 heterocycles. The lowest BCUT2D eigenvalue weighted by Crippen LogP contribution is -1.82. The van der Waals surface area contributed by atoms with Gasteiger partial charge in [-0.3, -0.25) is 0 Å². The Hall–Kier alpha value is -1.17. The molecular weight excluding hydrogens is 286 g/mol. The minimum Gasteiger partial charge on any atom is -0.399 e. The zero-order valence-corrected chi connectivity index (χ0v) is 11.7. The number of benzene rings is 1. The van der Waals surface area contributed by atoms with Crippen LogP contribution in [0.2, 0.25) is 4.34 Å². The average molecular weight is 296 g/mol. The second-order valence-electron chi connectivity index (χ2n) is 3.81. The lowest BCUT2D eigenvalue weighted by molar-refractivity contribution is 1.08. The molecular formula is C12H10ClN3S2. The predicted molar refractivity (Wildman–Crippen MR) is 79.4 cm³/mol. The predicted octanol–water partition coefficient (Wildman–Crippen LogP) is 4.15. The molecule has 0 saturated heterocycles. The number of nitrogen functional groups attached to an aromatic ring is 1. The van der Waals surface area contributed by atoms with Gasteiger partial charge in [0, 0.05) is 16.3 Å². The summed E-state index contributed by atoms with van der Waals surface area (Å²) < 4.78 is 0.822. The standard InChI is InChI=1S/C12H10ClN3S2/c13-11-4-2-8(18-11)6-17-12-15-9-3-1-7(14)5-10(9)16-12/h1-5H,6,14H2,(H,15,16). The number of halogens is 1. The summed E-state index contributed by atoms with van der Waals surface area (Å²) >= 11 is 9.16. The number of hydrogen-bond donors (Lipinski definition) is 2. The van der Waals surface area contributed by atoms with Gasteiger partial charge in [0.25, 0.3) is 0 Å². The highest BCUT2D eigenvalue weighted by molar-refractivity contribution is 7.98. The molecule has 3 rings (SSSR count). The first-order valence-electron chi connectivity index (χ1n) is 5.33. The maximum atomic E-state index is 5.90. The van der Waals surface area contributed by atoms with Crippen molar-refractivity contribution in [2.45, 2.75) is 10.9 Å². The minimum absolute atomic E-state index is 0.743. The van der Waals surface area contributed by atoms with Crippen molar-refractivity contribution in [3.05, 3.63) is 39.5 Å². The van der Waals surface area contributed by atoms with Gasteiger partial charge in [0.1, 0.15) is 0 Å². The third-order valence-electron chi connectivity index (χ3n) is 2.46. The number of nitrogens with two attached hydrogens (primary N) is 1. The van der Waals surface area contributed by atoms with E-state index >= 15 is 0 Å². The number of anilines is 1. The summed E-state index contributed by atoms with van der Waals surface area (Å²) in [7, 11) is 0. The molecule has 0 unspecified atom stereocenters. The molecule has 1 aromatic carbocycles. The Bertz CT molecular complexity index is 690. The van der Waals surface area contributed by atoms with Gasteiger partial charge < -0.3 is 10.7 Å². The fourth-order valence-corrected chi connectivity index (χ4v) is 3.66. The Morgan fingerprint density at radius 3 is 3.00 bits per heavy atom. The van der Waals surface area contributed by atoms with Gasteiger partial charge in [-0.2, -0.15) is 0 Å². The molecule has 3 aromatic rings. The van der Waals surface area contributed by atoms with Crippen LogP contribution in [0.15, 0.2) is 35.5 Å². The average Bonchev–Trinajstić information content (AvgIpc) is 2.92. The lowest BCUT2D eigenvalue weighted by atomic mass is 10.3. The summed E-state index contributed by atoms with van der Waals surface area (Å²) in [5.41, 5.74) is 8.39. The summed E-state index contributed by atoms with van der Waals surface area (Å²) in [4.78, 5) is 9.00. The number of aromatic nitrogens is 2. The van der Waals surface area contributed by atoms with Crippen molar-refractivity contribution in [3.8, 4) is 0 Å². The number of nitrogens with zero attached hydrogens (tertiary/aromatic N) is 1. The van der Waals surface area contributed by atoms with E-state index in [0.29, 0.717) is 0 Å². The second kappa shape index (κ2) is 4.84. The van der Waals surface area contributed by atoms with Crippen LogP contribution in [0.4, 0.5) is 5.69 Å². The first kappa shape index (κ1) is 11.9. The third kappa shape index (κ3) is 2.48. The Balaban J connectivity index is 1.78. The number of H-pyrrole nitrogens is 1. The molecule has 0 aliphatic heterocycles. The normalized spacial score (nSPS) is 11.2. The number of thiophene rings is 1. The van der Waals surface area contributed by atoms with Crippen LogP contribution < -0.4 is 5.73 Å². The van der Waals surface area contributed by atoms with Crippen LogP contribution in [0, 0.1) is 0 Å². The second-order valence-corrected chi connectivity index (χ2v) is 6.58. The summed E-state index contributed by atoms with van der Waals surface area (Å²) in [5, 5.41) is 0.903. The number of hydrogen-bond acceptors (Lipinski definition) is 4. The molecule has 0 amide bonds. The monoisotopic (exact) mass is 295 g/mol. The zero-order chi connectivity index (χ0) is 12.5. The van der Waals surface area contributed by atoms with Gasteiger partial charge in [-0.25, -0.2) is 4.98 Å². The fraction of sp³-hybridized carbons (Fsp3) is 0.0833. The van der Waals surface area contributed by atoms with Crippen LogP contribution in [0.1, 0.15) is 4.88 Å². The summed E-state index contributed by atoms with van der Waals surface area (Å²) in [6.07, 6.45) is 0. The van der Waals surface area contributed by atoms with Gasteiger partial charge >= 0.3 is 0 Å². The van der Waals surface area contributed by atoms with Crippen molar-refractivity contribution in [3.63, 3.8) is 0 Å². The van der Waals surface area contributed by atoms with E-state index in [4.69, 9.17) is 17.3 Å². The number of thioether (sulfide) groups is 1. The summed E-state index contributed by atoms with van der Waals surface area (Å²) in [5.74, 6) is 0.868. The fourth-order valence-electron chi connectivity index (χ4n) is 1.64. The molecule has 6 heteroatoms. The third-order valence-corrected chi connectivity index (χ3v) is 4.80. The number of aromatic amines is 1. The Labute approximate surface area is 117 Å². The van der Waals surface area contributed by atoms with Crippen LogP contribution in [0.3, 0.4) is 0 Å². The molecule has 3 nitrogen and oxygen atoms in total. The highest BCUT2D eigenvalue weighted by atomic mass is 35.5. The van der Waals surface area contributed by atoms with E-state index in [0.717, 1.165) is 32.0 Å². The Morgan fingerprint density at radius 2 is 2.22 bits per heavy atom. The zero-order valence-electron chi connectivity index (χ0n) is 9.31. The van der Waals surface area contributed by atoms with Crippen molar-refractivity contribution >= 4 is 51.4 Å². The number of rotatable bonds is 3. The van der Waals surface area contributed by atoms with Crippen molar-refractivity contribution in [2.24, 2.45) is 0 Å². The Kier molecular flexibility index (Phi) is 3.20. The summed E-state index contributed by atoms with van der Waals surface area (Å²) in [6.45, 7) is 0. The summed E-state index contributed by atoms with van der Waals surface area (Å²) in [6, 6.07) is 9.64. The number of nitrogens with one attached hydrogen (secondary N) is 1. The molecule has 0 aliphatic rings. The molecule has 0 fully saturated rings. The van der Waals surface area contributed by atoms with Crippen molar-refractivity contribution in [1.82, 2.24) is 9.97 Å². The number of fused-ring (bicyclic) bond motifs is 1. The maximum absolute atomic E-state index is 5.90. The van der Waals surface area contributed by atoms with Gasteiger partial charge in [0.2, 0.25) is 0 Å². The van der Waals surface area contributed by atoms with Crippen molar-refractivity contribution < 1.29 is 0 Å². The van der Waals surface area contributed by atoms with Crippen LogP contribution in [-0.4, -0.2) is 9.97 Å². The highest BCUT2D eigenvalue weighted by Gasteiger charge is 2.05.